The Hall–Kier alpha value is -3.72. The van der Waals surface area contributed by atoms with Crippen LogP contribution in [0.3, 0.4) is 0 Å². The normalized spacial score (nSPS) is 13.4. The van der Waals surface area contributed by atoms with Crippen molar-refractivity contribution in [3.8, 4) is 6.07 Å². The topological polar surface area (TPSA) is 92.1 Å². The van der Waals surface area contributed by atoms with E-state index in [9.17, 15) is 9.59 Å². The molecule has 0 spiro atoms. The van der Waals surface area contributed by atoms with Crippen LogP contribution in [0.15, 0.2) is 48.5 Å². The predicted molar refractivity (Wildman–Crippen MR) is 108 cm³/mol. The van der Waals surface area contributed by atoms with Crippen LogP contribution < -0.4 is 5.32 Å². The summed E-state index contributed by atoms with van der Waals surface area (Å²) in [5.41, 5.74) is 3.82. The van der Waals surface area contributed by atoms with E-state index in [0.29, 0.717) is 16.8 Å². The van der Waals surface area contributed by atoms with Gasteiger partial charge in [0, 0.05) is 11.1 Å². The number of nitrogens with one attached hydrogen (secondary N) is 1. The van der Waals surface area contributed by atoms with Gasteiger partial charge in [-0.05, 0) is 49.9 Å². The Balaban J connectivity index is 1.58. The van der Waals surface area contributed by atoms with E-state index in [-0.39, 0.29) is 0 Å². The van der Waals surface area contributed by atoms with Crippen LogP contribution in [0, 0.1) is 11.3 Å². The second-order valence-corrected chi connectivity index (χ2v) is 6.98. The fourth-order valence-electron chi connectivity index (χ4n) is 3.64. The zero-order valence-corrected chi connectivity index (χ0v) is 15.9. The maximum Gasteiger partial charge on any atom is 0.339 e. The van der Waals surface area contributed by atoms with E-state index >= 15 is 0 Å². The third kappa shape index (κ3) is 3.55. The van der Waals surface area contributed by atoms with Gasteiger partial charge in [0.1, 0.15) is 6.07 Å². The minimum absolute atomic E-state index is 0.345. The summed E-state index contributed by atoms with van der Waals surface area (Å²) in [4.78, 5) is 30.2. The standard InChI is InChI=1S/C23H19N3O3/c1-14(22(27)26-18-10-4-2-7-15(18)13-24)29-23(28)21-16-8-3-5-11-19(16)25-20-12-6-9-17(20)21/h2-5,7-8,10-11,14H,6,9,12H2,1H3,(H,26,27)/t14-/m0/s1. The lowest BCUT2D eigenvalue weighted by atomic mass is 10.0. The molecule has 1 aromatic heterocycles. The molecule has 0 saturated heterocycles. The average Bonchev–Trinajstić information content (AvgIpc) is 3.20. The molecule has 1 aliphatic carbocycles. The number of nitrogens with zero attached hydrogens (tertiary/aromatic N) is 2. The number of para-hydroxylation sites is 2. The van der Waals surface area contributed by atoms with Gasteiger partial charge in [-0.15, -0.1) is 0 Å². The number of esters is 1. The molecule has 1 atom stereocenters. The minimum atomic E-state index is -1.02. The number of fused-ring (bicyclic) bond motifs is 2. The summed E-state index contributed by atoms with van der Waals surface area (Å²) in [6.07, 6.45) is 1.54. The van der Waals surface area contributed by atoms with Crippen molar-refractivity contribution in [3.05, 3.63) is 70.9 Å². The molecule has 1 heterocycles. The zero-order valence-electron chi connectivity index (χ0n) is 15.9. The number of ether oxygens (including phenoxy) is 1. The number of benzene rings is 2. The average molecular weight is 385 g/mol. The van der Waals surface area contributed by atoms with Crippen molar-refractivity contribution in [2.75, 3.05) is 5.32 Å². The van der Waals surface area contributed by atoms with Crippen LogP contribution in [-0.2, 0) is 22.4 Å². The number of hydrogen-bond acceptors (Lipinski definition) is 5. The number of aryl methyl sites for hydroxylation is 1. The summed E-state index contributed by atoms with van der Waals surface area (Å²) in [5, 5.41) is 12.6. The monoisotopic (exact) mass is 385 g/mol. The summed E-state index contributed by atoms with van der Waals surface area (Å²) in [6, 6.07) is 16.2. The molecular weight excluding hydrogens is 366 g/mol. The molecule has 0 aliphatic heterocycles. The lowest BCUT2D eigenvalue weighted by Gasteiger charge is -2.16. The molecule has 29 heavy (non-hydrogen) atoms. The molecule has 144 valence electrons. The number of anilines is 1. The molecule has 0 bridgehead atoms. The smallest absolute Gasteiger partial charge is 0.339 e. The quantitative estimate of drug-likeness (QED) is 0.690. The van der Waals surface area contributed by atoms with E-state index in [1.807, 2.05) is 30.3 Å². The summed E-state index contributed by atoms with van der Waals surface area (Å²) in [6.45, 7) is 1.52. The Bertz CT molecular complexity index is 1160. The molecule has 1 N–H and O–H groups in total. The number of carbonyl (C=O) groups excluding carboxylic acids is 2. The van der Waals surface area contributed by atoms with Crippen molar-refractivity contribution in [2.24, 2.45) is 0 Å². The first-order valence-electron chi connectivity index (χ1n) is 9.50. The highest BCUT2D eigenvalue weighted by molar-refractivity contribution is 6.06. The molecule has 1 aliphatic rings. The SMILES string of the molecule is C[C@H](OC(=O)c1c2c(nc3ccccc13)CCC2)C(=O)Nc1ccccc1C#N. The van der Waals surface area contributed by atoms with Gasteiger partial charge in [0.05, 0.1) is 22.3 Å². The van der Waals surface area contributed by atoms with Gasteiger partial charge in [0.25, 0.3) is 5.91 Å². The predicted octanol–water partition coefficient (Wildman–Crippen LogP) is 3.78. The fourth-order valence-corrected chi connectivity index (χ4v) is 3.64. The lowest BCUT2D eigenvalue weighted by Crippen LogP contribution is -2.30. The molecule has 1 amide bonds. The van der Waals surface area contributed by atoms with Crippen molar-refractivity contribution >= 4 is 28.5 Å². The van der Waals surface area contributed by atoms with Gasteiger partial charge >= 0.3 is 5.97 Å². The third-order valence-corrected chi connectivity index (χ3v) is 5.08. The second-order valence-electron chi connectivity index (χ2n) is 6.98. The highest BCUT2D eigenvalue weighted by atomic mass is 16.5. The van der Waals surface area contributed by atoms with Gasteiger partial charge in [0.15, 0.2) is 6.10 Å². The Labute approximate surface area is 168 Å². The first-order chi connectivity index (χ1) is 14.1. The van der Waals surface area contributed by atoms with E-state index in [4.69, 9.17) is 10.00 Å². The van der Waals surface area contributed by atoms with E-state index in [1.54, 1.807) is 24.3 Å². The molecule has 6 heteroatoms. The van der Waals surface area contributed by atoms with E-state index < -0.39 is 18.0 Å². The van der Waals surface area contributed by atoms with Gasteiger partial charge in [0.2, 0.25) is 0 Å². The summed E-state index contributed by atoms with van der Waals surface area (Å²) >= 11 is 0. The Morgan fingerprint density at radius 3 is 2.72 bits per heavy atom. The molecular formula is C23H19N3O3. The van der Waals surface area contributed by atoms with Crippen LogP contribution in [0.1, 0.15) is 40.5 Å². The molecule has 0 radical (unpaired) electrons. The number of hydrogen-bond donors (Lipinski definition) is 1. The van der Waals surface area contributed by atoms with Crippen LogP contribution >= 0.6 is 0 Å². The largest absolute Gasteiger partial charge is 0.449 e. The van der Waals surface area contributed by atoms with Crippen molar-refractivity contribution < 1.29 is 14.3 Å². The van der Waals surface area contributed by atoms with E-state index in [1.165, 1.54) is 6.92 Å². The molecule has 0 unspecified atom stereocenters. The first kappa shape index (κ1) is 18.6. The van der Waals surface area contributed by atoms with Crippen LogP contribution in [0.5, 0.6) is 0 Å². The summed E-state index contributed by atoms with van der Waals surface area (Å²) in [7, 11) is 0. The summed E-state index contributed by atoms with van der Waals surface area (Å²) in [5.74, 6) is -1.02. The lowest BCUT2D eigenvalue weighted by molar-refractivity contribution is -0.123. The highest BCUT2D eigenvalue weighted by Gasteiger charge is 2.27. The molecule has 0 fully saturated rings. The second kappa shape index (κ2) is 7.72. The first-order valence-corrected chi connectivity index (χ1v) is 9.50. The third-order valence-electron chi connectivity index (χ3n) is 5.08. The molecule has 2 aromatic carbocycles. The number of carbonyl (C=O) groups is 2. The maximum absolute atomic E-state index is 13.0. The van der Waals surface area contributed by atoms with Gasteiger partial charge < -0.3 is 10.1 Å². The van der Waals surface area contributed by atoms with Crippen LogP contribution in [-0.4, -0.2) is 23.0 Å². The van der Waals surface area contributed by atoms with Gasteiger partial charge in [-0.1, -0.05) is 30.3 Å². The molecule has 6 nitrogen and oxygen atoms in total. The Morgan fingerprint density at radius 2 is 1.90 bits per heavy atom. The number of nitriles is 1. The molecule has 0 saturated carbocycles. The van der Waals surface area contributed by atoms with Crippen molar-refractivity contribution in [1.82, 2.24) is 4.98 Å². The number of rotatable bonds is 4. The van der Waals surface area contributed by atoms with Crippen molar-refractivity contribution in [3.63, 3.8) is 0 Å². The highest BCUT2D eigenvalue weighted by Crippen LogP contribution is 2.30. The van der Waals surface area contributed by atoms with E-state index in [2.05, 4.69) is 10.3 Å². The van der Waals surface area contributed by atoms with Crippen molar-refractivity contribution in [2.45, 2.75) is 32.3 Å². The van der Waals surface area contributed by atoms with Gasteiger partial charge in [-0.3, -0.25) is 9.78 Å². The number of aromatic nitrogens is 1. The summed E-state index contributed by atoms with van der Waals surface area (Å²) < 4.78 is 5.52. The molecule has 4 rings (SSSR count). The fraction of sp³-hybridized carbons (Fsp3) is 0.217. The zero-order chi connectivity index (χ0) is 20.4. The van der Waals surface area contributed by atoms with E-state index in [0.717, 1.165) is 41.4 Å². The molecule has 3 aromatic rings. The van der Waals surface area contributed by atoms with Gasteiger partial charge in [-0.2, -0.15) is 5.26 Å². The van der Waals surface area contributed by atoms with Crippen LogP contribution in [0.2, 0.25) is 0 Å². The Kier molecular flexibility index (Phi) is 4.96. The number of amides is 1. The van der Waals surface area contributed by atoms with Crippen LogP contribution in [0.25, 0.3) is 10.9 Å². The van der Waals surface area contributed by atoms with Gasteiger partial charge in [-0.25, -0.2) is 4.79 Å². The van der Waals surface area contributed by atoms with Crippen molar-refractivity contribution in [1.29, 1.82) is 5.26 Å². The van der Waals surface area contributed by atoms with Crippen LogP contribution in [0.4, 0.5) is 5.69 Å². The Morgan fingerprint density at radius 1 is 1.14 bits per heavy atom. The number of pyridine rings is 1. The maximum atomic E-state index is 13.0. The minimum Gasteiger partial charge on any atom is -0.449 e.